The zero-order chi connectivity index (χ0) is 8.32. The molecule has 1 N–H and O–H groups in total. The van der Waals surface area contributed by atoms with E-state index in [1.54, 1.807) is 6.92 Å². The molecule has 0 radical (unpaired) electrons. The van der Waals surface area contributed by atoms with Crippen LogP contribution in [0.2, 0.25) is 0 Å². The lowest BCUT2D eigenvalue weighted by atomic mass is 9.77. The molecule has 2 heteroatoms. The number of rotatable bonds is 2. The fourth-order valence-corrected chi connectivity index (χ4v) is 1.75. The molecule has 2 nitrogen and oxygen atoms in total. The number of hydrogen-bond acceptors (Lipinski definition) is 2. The lowest BCUT2D eigenvalue weighted by Gasteiger charge is -2.34. The first kappa shape index (κ1) is 8.72. The topological polar surface area (TPSA) is 37.3 Å². The van der Waals surface area contributed by atoms with E-state index in [1.165, 1.54) is 6.42 Å². The second-order valence-electron chi connectivity index (χ2n) is 3.59. The first-order valence-corrected chi connectivity index (χ1v) is 4.37. The van der Waals surface area contributed by atoms with Gasteiger partial charge in [-0.05, 0) is 12.8 Å². The summed E-state index contributed by atoms with van der Waals surface area (Å²) in [7, 11) is 0. The van der Waals surface area contributed by atoms with Gasteiger partial charge in [0, 0.05) is 5.92 Å². The Morgan fingerprint density at radius 2 is 1.91 bits per heavy atom. The molecule has 1 fully saturated rings. The Morgan fingerprint density at radius 3 is 2.36 bits per heavy atom. The third-order valence-electron chi connectivity index (χ3n) is 2.77. The average Bonchev–Trinajstić information content (AvgIpc) is 2.04. The minimum atomic E-state index is -0.681. The van der Waals surface area contributed by atoms with E-state index in [9.17, 15) is 9.90 Å². The summed E-state index contributed by atoms with van der Waals surface area (Å²) in [5, 5.41) is 9.91. The predicted octanol–water partition coefficient (Wildman–Crippen LogP) is 1.52. The Bertz CT molecular complexity index is 136. The number of carbonyl (C=O) groups is 1. The summed E-state index contributed by atoms with van der Waals surface area (Å²) >= 11 is 0. The molecule has 0 aromatic carbocycles. The van der Waals surface area contributed by atoms with Crippen LogP contribution in [0.3, 0.4) is 0 Å². The van der Waals surface area contributed by atoms with Gasteiger partial charge in [0.25, 0.3) is 0 Å². The number of aliphatic hydroxyl groups is 1. The van der Waals surface area contributed by atoms with Crippen molar-refractivity contribution in [2.75, 3.05) is 0 Å². The maximum Gasteiger partial charge on any atom is 0.125 e. The zero-order valence-corrected chi connectivity index (χ0v) is 7.05. The molecular weight excluding hydrogens is 140 g/mol. The highest BCUT2D eigenvalue weighted by Crippen LogP contribution is 2.33. The van der Waals surface area contributed by atoms with Crippen LogP contribution >= 0.6 is 0 Å². The minimum absolute atomic E-state index is 0.192. The van der Waals surface area contributed by atoms with Crippen LogP contribution in [0.1, 0.15) is 39.0 Å². The van der Waals surface area contributed by atoms with Gasteiger partial charge in [-0.1, -0.05) is 26.2 Å². The third kappa shape index (κ3) is 1.80. The molecular formula is C9H16O2. The average molecular weight is 156 g/mol. The fraction of sp³-hybridized carbons (Fsp3) is 0.889. The summed E-state index contributed by atoms with van der Waals surface area (Å²) in [6.07, 6.45) is 5.79. The zero-order valence-electron chi connectivity index (χ0n) is 7.05. The molecule has 1 rings (SSSR count). The molecule has 1 atom stereocenters. The highest BCUT2D eigenvalue weighted by atomic mass is 16.3. The molecule has 0 bridgehead atoms. The van der Waals surface area contributed by atoms with E-state index in [0.717, 1.165) is 32.0 Å². The summed E-state index contributed by atoms with van der Waals surface area (Å²) in [4.78, 5) is 10.4. The largest absolute Gasteiger partial charge is 0.389 e. The lowest BCUT2D eigenvalue weighted by molar-refractivity contribution is -0.121. The first-order chi connectivity index (χ1) is 5.19. The van der Waals surface area contributed by atoms with E-state index < -0.39 is 5.60 Å². The van der Waals surface area contributed by atoms with Crippen LogP contribution in [0.25, 0.3) is 0 Å². The second-order valence-corrected chi connectivity index (χ2v) is 3.59. The molecule has 0 aromatic rings. The second kappa shape index (κ2) is 3.35. The van der Waals surface area contributed by atoms with Crippen molar-refractivity contribution in [3.63, 3.8) is 0 Å². The van der Waals surface area contributed by atoms with Gasteiger partial charge in [-0.25, -0.2) is 0 Å². The molecule has 1 aliphatic rings. The van der Waals surface area contributed by atoms with Gasteiger partial charge in [-0.3, -0.25) is 0 Å². The molecule has 0 heterocycles. The van der Waals surface area contributed by atoms with Crippen molar-refractivity contribution in [2.45, 2.75) is 44.6 Å². The van der Waals surface area contributed by atoms with Crippen molar-refractivity contribution in [1.29, 1.82) is 0 Å². The SMILES string of the molecule is CC(C=O)C1(O)CCCCC1. The van der Waals surface area contributed by atoms with Crippen molar-refractivity contribution < 1.29 is 9.90 Å². The van der Waals surface area contributed by atoms with Crippen molar-refractivity contribution >= 4 is 6.29 Å². The van der Waals surface area contributed by atoms with Gasteiger partial charge in [0.15, 0.2) is 0 Å². The van der Waals surface area contributed by atoms with Crippen LogP contribution in [0.15, 0.2) is 0 Å². The van der Waals surface area contributed by atoms with Crippen LogP contribution in [0, 0.1) is 5.92 Å². The highest BCUT2D eigenvalue weighted by Gasteiger charge is 2.34. The molecule has 0 spiro atoms. The quantitative estimate of drug-likeness (QED) is 0.615. The molecule has 0 saturated heterocycles. The summed E-state index contributed by atoms with van der Waals surface area (Å²) in [6, 6.07) is 0. The van der Waals surface area contributed by atoms with E-state index in [2.05, 4.69) is 0 Å². The van der Waals surface area contributed by atoms with Crippen LogP contribution in [0.5, 0.6) is 0 Å². The van der Waals surface area contributed by atoms with Gasteiger partial charge < -0.3 is 9.90 Å². The van der Waals surface area contributed by atoms with Gasteiger partial charge in [-0.15, -0.1) is 0 Å². The van der Waals surface area contributed by atoms with Crippen LogP contribution in [-0.4, -0.2) is 17.0 Å². The van der Waals surface area contributed by atoms with Gasteiger partial charge in [0.2, 0.25) is 0 Å². The van der Waals surface area contributed by atoms with Crippen LogP contribution in [0.4, 0.5) is 0 Å². The number of hydrogen-bond donors (Lipinski definition) is 1. The standard InChI is InChI=1S/C9H16O2/c1-8(7-10)9(11)5-3-2-4-6-9/h7-8,11H,2-6H2,1H3. The Labute approximate surface area is 67.6 Å². The summed E-state index contributed by atoms with van der Waals surface area (Å²) < 4.78 is 0. The van der Waals surface area contributed by atoms with Crippen molar-refractivity contribution in [3.8, 4) is 0 Å². The molecule has 11 heavy (non-hydrogen) atoms. The number of aldehydes is 1. The van der Waals surface area contributed by atoms with Crippen molar-refractivity contribution in [3.05, 3.63) is 0 Å². The Kier molecular flexibility index (Phi) is 2.66. The maximum atomic E-state index is 10.4. The predicted molar refractivity (Wildman–Crippen MR) is 43.3 cm³/mol. The number of carbonyl (C=O) groups excluding carboxylic acids is 1. The molecule has 64 valence electrons. The first-order valence-electron chi connectivity index (χ1n) is 4.37. The highest BCUT2D eigenvalue weighted by molar-refractivity contribution is 5.55. The monoisotopic (exact) mass is 156 g/mol. The molecule has 1 unspecified atom stereocenters. The Balaban J connectivity index is 2.55. The van der Waals surface area contributed by atoms with E-state index in [0.29, 0.717) is 0 Å². The van der Waals surface area contributed by atoms with Crippen molar-refractivity contribution in [2.24, 2.45) is 5.92 Å². The lowest BCUT2D eigenvalue weighted by Crippen LogP contribution is -2.39. The van der Waals surface area contributed by atoms with Gasteiger partial charge in [0.1, 0.15) is 6.29 Å². The van der Waals surface area contributed by atoms with Gasteiger partial charge in [-0.2, -0.15) is 0 Å². The smallest absolute Gasteiger partial charge is 0.125 e. The van der Waals surface area contributed by atoms with Gasteiger partial charge in [0.05, 0.1) is 5.60 Å². The van der Waals surface area contributed by atoms with Crippen LogP contribution < -0.4 is 0 Å². The normalized spacial score (nSPS) is 26.0. The van der Waals surface area contributed by atoms with E-state index in [1.807, 2.05) is 0 Å². The molecule has 0 amide bonds. The van der Waals surface area contributed by atoms with Gasteiger partial charge >= 0.3 is 0 Å². The van der Waals surface area contributed by atoms with E-state index in [-0.39, 0.29) is 5.92 Å². The fourth-order valence-electron chi connectivity index (χ4n) is 1.75. The van der Waals surface area contributed by atoms with Crippen molar-refractivity contribution in [1.82, 2.24) is 0 Å². The van der Waals surface area contributed by atoms with E-state index in [4.69, 9.17) is 0 Å². The minimum Gasteiger partial charge on any atom is -0.389 e. The summed E-state index contributed by atoms with van der Waals surface area (Å²) in [5.74, 6) is -0.192. The molecule has 0 aromatic heterocycles. The Hall–Kier alpha value is -0.370. The maximum absolute atomic E-state index is 10.4. The van der Waals surface area contributed by atoms with E-state index >= 15 is 0 Å². The summed E-state index contributed by atoms with van der Waals surface area (Å²) in [6.45, 7) is 1.80. The van der Waals surface area contributed by atoms with Crippen LogP contribution in [-0.2, 0) is 4.79 Å². The Morgan fingerprint density at radius 1 is 1.36 bits per heavy atom. The third-order valence-corrected chi connectivity index (χ3v) is 2.77. The molecule has 0 aliphatic heterocycles. The molecule has 1 saturated carbocycles. The summed E-state index contributed by atoms with van der Waals surface area (Å²) in [5.41, 5.74) is -0.681. The molecule has 1 aliphatic carbocycles.